The smallest absolute Gasteiger partial charge is 0.306 e. The van der Waals surface area contributed by atoms with Crippen molar-refractivity contribution in [2.24, 2.45) is 0 Å². The number of rotatable bonds is 5. The monoisotopic (exact) mass is 320 g/mol. The van der Waals surface area contributed by atoms with Gasteiger partial charge in [-0.3, -0.25) is 4.79 Å². The topological polar surface area (TPSA) is 46.5 Å². The number of halogens is 1. The Morgan fingerprint density at radius 3 is 2.47 bits per heavy atom. The molecular formula is C15H13BrO3. The molecular weight excluding hydrogens is 308 g/mol. The lowest BCUT2D eigenvalue weighted by molar-refractivity contribution is -0.137. The van der Waals surface area contributed by atoms with Crippen molar-refractivity contribution in [2.75, 3.05) is 6.61 Å². The number of aliphatic carboxylic acids is 1. The molecule has 0 heterocycles. The third-order valence-electron chi connectivity index (χ3n) is 2.61. The van der Waals surface area contributed by atoms with Crippen LogP contribution < -0.4 is 4.74 Å². The van der Waals surface area contributed by atoms with Crippen molar-refractivity contribution in [1.82, 2.24) is 0 Å². The SMILES string of the molecule is O=C(O)CCOc1ccc(-c2ccccc2)cc1Br. The van der Waals surface area contributed by atoms with Crippen LogP contribution in [0.25, 0.3) is 11.1 Å². The highest BCUT2D eigenvalue weighted by Gasteiger charge is 2.05. The molecule has 3 nitrogen and oxygen atoms in total. The second-order valence-corrected chi connectivity index (χ2v) is 4.86. The highest BCUT2D eigenvalue weighted by atomic mass is 79.9. The summed E-state index contributed by atoms with van der Waals surface area (Å²) in [5.74, 6) is -0.210. The van der Waals surface area contributed by atoms with Gasteiger partial charge in [0, 0.05) is 0 Å². The number of carbonyl (C=O) groups is 1. The van der Waals surface area contributed by atoms with Gasteiger partial charge in [0.05, 0.1) is 17.5 Å². The van der Waals surface area contributed by atoms with Crippen LogP contribution in [0, 0.1) is 0 Å². The minimum Gasteiger partial charge on any atom is -0.492 e. The van der Waals surface area contributed by atoms with Crippen molar-refractivity contribution >= 4 is 21.9 Å². The average Bonchev–Trinajstić information content (AvgIpc) is 2.41. The van der Waals surface area contributed by atoms with Crippen LogP contribution in [0.3, 0.4) is 0 Å². The van der Waals surface area contributed by atoms with E-state index in [4.69, 9.17) is 9.84 Å². The lowest BCUT2D eigenvalue weighted by atomic mass is 10.1. The van der Waals surface area contributed by atoms with Crippen molar-refractivity contribution < 1.29 is 14.6 Å². The number of carboxylic acid groups (broad SMARTS) is 1. The molecule has 2 aromatic carbocycles. The number of hydrogen-bond acceptors (Lipinski definition) is 2. The zero-order valence-electron chi connectivity index (χ0n) is 10.2. The highest BCUT2D eigenvalue weighted by Crippen LogP contribution is 2.30. The van der Waals surface area contributed by atoms with Crippen molar-refractivity contribution in [2.45, 2.75) is 6.42 Å². The van der Waals surface area contributed by atoms with Crippen LogP contribution in [-0.2, 0) is 4.79 Å². The van der Waals surface area contributed by atoms with E-state index in [0.29, 0.717) is 5.75 Å². The Balaban J connectivity index is 2.11. The molecule has 2 aromatic rings. The number of hydrogen-bond donors (Lipinski definition) is 1. The van der Waals surface area contributed by atoms with Crippen molar-refractivity contribution in [3.63, 3.8) is 0 Å². The molecule has 0 amide bonds. The van der Waals surface area contributed by atoms with E-state index < -0.39 is 5.97 Å². The third kappa shape index (κ3) is 3.83. The van der Waals surface area contributed by atoms with Gasteiger partial charge < -0.3 is 9.84 Å². The second-order valence-electron chi connectivity index (χ2n) is 4.00. The van der Waals surface area contributed by atoms with Crippen LogP contribution in [0.1, 0.15) is 6.42 Å². The van der Waals surface area contributed by atoms with Gasteiger partial charge in [-0.1, -0.05) is 36.4 Å². The minimum absolute atomic E-state index is 0.00707. The molecule has 0 radical (unpaired) electrons. The van der Waals surface area contributed by atoms with Gasteiger partial charge in [-0.25, -0.2) is 0 Å². The maximum Gasteiger partial charge on any atom is 0.306 e. The maximum absolute atomic E-state index is 10.4. The summed E-state index contributed by atoms with van der Waals surface area (Å²) in [5.41, 5.74) is 2.21. The lowest BCUT2D eigenvalue weighted by Gasteiger charge is -2.09. The summed E-state index contributed by atoms with van der Waals surface area (Å²) in [7, 11) is 0. The first-order chi connectivity index (χ1) is 9.16. The Hall–Kier alpha value is -1.81. The molecule has 0 bridgehead atoms. The van der Waals surface area contributed by atoms with Gasteiger partial charge in [-0.2, -0.15) is 0 Å². The van der Waals surface area contributed by atoms with Gasteiger partial charge in [0.1, 0.15) is 5.75 Å². The number of carboxylic acids is 1. The van der Waals surface area contributed by atoms with Crippen LogP contribution in [0.4, 0.5) is 0 Å². The molecule has 0 atom stereocenters. The average molecular weight is 321 g/mol. The molecule has 0 fully saturated rings. The molecule has 19 heavy (non-hydrogen) atoms. The third-order valence-corrected chi connectivity index (χ3v) is 3.23. The molecule has 0 aliphatic heterocycles. The largest absolute Gasteiger partial charge is 0.492 e. The van der Waals surface area contributed by atoms with Gasteiger partial charge in [-0.15, -0.1) is 0 Å². The summed E-state index contributed by atoms with van der Waals surface area (Å²) in [6.07, 6.45) is -0.00707. The Kier molecular flexibility index (Phi) is 4.58. The van der Waals surface area contributed by atoms with Crippen molar-refractivity contribution in [3.8, 4) is 16.9 Å². The van der Waals surface area contributed by atoms with E-state index >= 15 is 0 Å². The van der Waals surface area contributed by atoms with E-state index in [0.717, 1.165) is 15.6 Å². The molecule has 0 unspecified atom stereocenters. The van der Waals surface area contributed by atoms with Crippen LogP contribution >= 0.6 is 15.9 Å². The number of ether oxygens (including phenoxy) is 1. The molecule has 0 saturated heterocycles. The van der Waals surface area contributed by atoms with Gasteiger partial charge in [-0.05, 0) is 39.2 Å². The first kappa shape index (κ1) is 13.6. The summed E-state index contributed by atoms with van der Waals surface area (Å²) in [4.78, 5) is 10.4. The molecule has 1 N–H and O–H groups in total. The summed E-state index contributed by atoms with van der Waals surface area (Å²) in [6, 6.07) is 15.8. The molecule has 98 valence electrons. The first-order valence-electron chi connectivity index (χ1n) is 5.86. The van der Waals surface area contributed by atoms with E-state index in [1.165, 1.54) is 0 Å². The predicted octanol–water partition coefficient (Wildman–Crippen LogP) is 3.97. The summed E-state index contributed by atoms with van der Waals surface area (Å²) in [6.45, 7) is 0.165. The Labute approximate surface area is 120 Å². The highest BCUT2D eigenvalue weighted by molar-refractivity contribution is 9.10. The summed E-state index contributed by atoms with van der Waals surface area (Å²) in [5, 5.41) is 8.56. The van der Waals surface area contributed by atoms with Crippen LogP contribution in [0.5, 0.6) is 5.75 Å². The molecule has 0 saturated carbocycles. The van der Waals surface area contributed by atoms with Crippen molar-refractivity contribution in [1.29, 1.82) is 0 Å². The Morgan fingerprint density at radius 2 is 1.84 bits per heavy atom. The van der Waals surface area contributed by atoms with Crippen LogP contribution in [-0.4, -0.2) is 17.7 Å². The lowest BCUT2D eigenvalue weighted by Crippen LogP contribution is -2.05. The fourth-order valence-electron chi connectivity index (χ4n) is 1.68. The fourth-order valence-corrected chi connectivity index (χ4v) is 2.17. The normalized spacial score (nSPS) is 10.2. The maximum atomic E-state index is 10.4. The van der Waals surface area contributed by atoms with Gasteiger partial charge in [0.25, 0.3) is 0 Å². The second kappa shape index (κ2) is 6.38. The van der Waals surface area contributed by atoms with Crippen LogP contribution in [0.15, 0.2) is 53.0 Å². The van der Waals surface area contributed by atoms with E-state index in [-0.39, 0.29) is 13.0 Å². The molecule has 2 rings (SSSR count). The molecule has 0 aromatic heterocycles. The molecule has 0 aliphatic carbocycles. The quantitative estimate of drug-likeness (QED) is 0.906. The fraction of sp³-hybridized carbons (Fsp3) is 0.133. The summed E-state index contributed by atoms with van der Waals surface area (Å²) >= 11 is 3.44. The van der Waals surface area contributed by atoms with Crippen LogP contribution in [0.2, 0.25) is 0 Å². The Morgan fingerprint density at radius 1 is 1.11 bits per heavy atom. The van der Waals surface area contributed by atoms with Crippen molar-refractivity contribution in [3.05, 3.63) is 53.0 Å². The van der Waals surface area contributed by atoms with Gasteiger partial charge in [0.2, 0.25) is 0 Å². The zero-order valence-corrected chi connectivity index (χ0v) is 11.8. The Bertz CT molecular complexity index is 567. The molecule has 0 spiro atoms. The molecule has 0 aliphatic rings. The molecule has 4 heteroatoms. The zero-order chi connectivity index (χ0) is 13.7. The van der Waals surface area contributed by atoms with Gasteiger partial charge >= 0.3 is 5.97 Å². The first-order valence-corrected chi connectivity index (χ1v) is 6.65. The van der Waals surface area contributed by atoms with E-state index in [1.54, 1.807) is 0 Å². The van der Waals surface area contributed by atoms with E-state index in [1.807, 2.05) is 48.5 Å². The predicted molar refractivity (Wildman–Crippen MR) is 77.3 cm³/mol. The summed E-state index contributed by atoms with van der Waals surface area (Å²) < 4.78 is 6.23. The standard InChI is InChI=1S/C15H13BrO3/c16-13-10-12(11-4-2-1-3-5-11)6-7-14(13)19-9-8-15(17)18/h1-7,10H,8-9H2,(H,17,18). The van der Waals surface area contributed by atoms with E-state index in [9.17, 15) is 4.79 Å². The minimum atomic E-state index is -0.864. The van der Waals surface area contributed by atoms with Gasteiger partial charge in [0.15, 0.2) is 0 Å². The van der Waals surface area contributed by atoms with E-state index in [2.05, 4.69) is 15.9 Å². The number of benzene rings is 2.